The standard InChI is InChI=1S/C19H25NO/c1-20(2)14-18-9-5-6-12-19(18,21)17-11-10-15-7-3-4-8-16(15)13-17/h3-4,7-8,10-11,13,18,21H,5-6,9,12,14H2,1-2H3. The molecule has 0 spiro atoms. The second-order valence-electron chi connectivity index (χ2n) is 6.69. The van der Waals surface area contributed by atoms with E-state index in [1.54, 1.807) is 0 Å². The fraction of sp³-hybridized carbons (Fsp3) is 0.474. The molecule has 2 aromatic rings. The van der Waals surface area contributed by atoms with E-state index >= 15 is 0 Å². The minimum Gasteiger partial charge on any atom is -0.385 e. The fourth-order valence-electron chi connectivity index (χ4n) is 3.75. The third kappa shape index (κ3) is 2.83. The minimum atomic E-state index is -0.674. The molecular weight excluding hydrogens is 258 g/mol. The number of hydrogen-bond acceptors (Lipinski definition) is 2. The molecule has 0 heterocycles. The lowest BCUT2D eigenvalue weighted by molar-refractivity contribution is -0.0617. The van der Waals surface area contributed by atoms with Gasteiger partial charge in [-0.1, -0.05) is 49.2 Å². The van der Waals surface area contributed by atoms with Crippen LogP contribution in [-0.2, 0) is 5.60 Å². The highest BCUT2D eigenvalue weighted by Crippen LogP contribution is 2.42. The normalized spacial score (nSPS) is 26.4. The molecule has 0 aliphatic heterocycles. The van der Waals surface area contributed by atoms with Gasteiger partial charge in [-0.25, -0.2) is 0 Å². The maximum atomic E-state index is 11.4. The van der Waals surface area contributed by atoms with Crippen LogP contribution in [0.1, 0.15) is 31.2 Å². The van der Waals surface area contributed by atoms with Gasteiger partial charge in [0.2, 0.25) is 0 Å². The highest BCUT2D eigenvalue weighted by molar-refractivity contribution is 5.83. The molecule has 1 aliphatic carbocycles. The zero-order valence-corrected chi connectivity index (χ0v) is 13.0. The van der Waals surface area contributed by atoms with Crippen LogP contribution in [-0.4, -0.2) is 30.6 Å². The van der Waals surface area contributed by atoms with Gasteiger partial charge in [0.1, 0.15) is 0 Å². The van der Waals surface area contributed by atoms with Crippen LogP contribution in [0.15, 0.2) is 42.5 Å². The molecule has 2 unspecified atom stereocenters. The summed E-state index contributed by atoms with van der Waals surface area (Å²) >= 11 is 0. The lowest BCUT2D eigenvalue weighted by Crippen LogP contribution is -2.43. The summed E-state index contributed by atoms with van der Waals surface area (Å²) in [5.41, 5.74) is 0.416. The number of fused-ring (bicyclic) bond motifs is 1. The van der Waals surface area contributed by atoms with Crippen LogP contribution in [0.3, 0.4) is 0 Å². The zero-order valence-electron chi connectivity index (χ0n) is 13.0. The maximum Gasteiger partial charge on any atom is 0.0936 e. The van der Waals surface area contributed by atoms with E-state index in [-0.39, 0.29) is 0 Å². The van der Waals surface area contributed by atoms with Crippen LogP contribution >= 0.6 is 0 Å². The Labute approximate surface area is 127 Å². The van der Waals surface area contributed by atoms with Gasteiger partial charge in [0.15, 0.2) is 0 Å². The molecular formula is C19H25NO. The first-order chi connectivity index (χ1) is 10.1. The average molecular weight is 283 g/mol. The summed E-state index contributed by atoms with van der Waals surface area (Å²) < 4.78 is 0. The summed E-state index contributed by atoms with van der Waals surface area (Å²) in [6, 6.07) is 14.8. The average Bonchev–Trinajstić information content (AvgIpc) is 2.49. The first-order valence-corrected chi connectivity index (χ1v) is 7.96. The third-order valence-corrected chi connectivity index (χ3v) is 4.87. The van der Waals surface area contributed by atoms with Gasteiger partial charge in [-0.3, -0.25) is 0 Å². The molecule has 21 heavy (non-hydrogen) atoms. The summed E-state index contributed by atoms with van der Waals surface area (Å²) in [5.74, 6) is 0.322. The summed E-state index contributed by atoms with van der Waals surface area (Å²) in [6.45, 7) is 0.948. The summed E-state index contributed by atoms with van der Waals surface area (Å²) in [6.07, 6.45) is 4.34. The number of aliphatic hydroxyl groups is 1. The van der Waals surface area contributed by atoms with Gasteiger partial charge < -0.3 is 10.0 Å². The van der Waals surface area contributed by atoms with Crippen molar-refractivity contribution in [2.24, 2.45) is 5.92 Å². The molecule has 2 heteroatoms. The van der Waals surface area contributed by atoms with Crippen molar-refractivity contribution in [2.45, 2.75) is 31.3 Å². The predicted octanol–water partition coefficient (Wildman–Crippen LogP) is 3.78. The second kappa shape index (κ2) is 5.78. The molecule has 1 fully saturated rings. The van der Waals surface area contributed by atoms with E-state index in [4.69, 9.17) is 0 Å². The second-order valence-corrected chi connectivity index (χ2v) is 6.69. The van der Waals surface area contributed by atoms with Gasteiger partial charge in [0.05, 0.1) is 5.60 Å². The third-order valence-electron chi connectivity index (χ3n) is 4.87. The Kier molecular flexibility index (Phi) is 4.01. The maximum absolute atomic E-state index is 11.4. The Morgan fingerprint density at radius 1 is 1.10 bits per heavy atom. The van der Waals surface area contributed by atoms with E-state index in [2.05, 4.69) is 61.5 Å². The molecule has 1 aliphatic rings. The first-order valence-electron chi connectivity index (χ1n) is 7.96. The van der Waals surface area contributed by atoms with Crippen molar-refractivity contribution in [1.29, 1.82) is 0 Å². The lowest BCUT2D eigenvalue weighted by atomic mass is 9.71. The smallest absolute Gasteiger partial charge is 0.0936 e. The van der Waals surface area contributed by atoms with Gasteiger partial charge in [-0.15, -0.1) is 0 Å². The number of benzene rings is 2. The van der Waals surface area contributed by atoms with Crippen molar-refractivity contribution in [3.8, 4) is 0 Å². The van der Waals surface area contributed by atoms with Gasteiger partial charge in [-0.2, -0.15) is 0 Å². The molecule has 0 bridgehead atoms. The number of nitrogens with zero attached hydrogens (tertiary/aromatic N) is 1. The van der Waals surface area contributed by atoms with Crippen LogP contribution in [0.2, 0.25) is 0 Å². The van der Waals surface area contributed by atoms with Crippen molar-refractivity contribution in [3.05, 3.63) is 48.0 Å². The van der Waals surface area contributed by atoms with E-state index in [9.17, 15) is 5.11 Å². The molecule has 112 valence electrons. The number of rotatable bonds is 3. The Morgan fingerprint density at radius 3 is 2.62 bits per heavy atom. The Balaban J connectivity index is 2.00. The van der Waals surface area contributed by atoms with Crippen LogP contribution in [0.25, 0.3) is 10.8 Å². The first kappa shape index (κ1) is 14.6. The lowest BCUT2D eigenvalue weighted by Gasteiger charge is -2.42. The minimum absolute atomic E-state index is 0.322. The van der Waals surface area contributed by atoms with Crippen molar-refractivity contribution in [1.82, 2.24) is 4.90 Å². The van der Waals surface area contributed by atoms with E-state index in [1.807, 2.05) is 0 Å². The highest BCUT2D eigenvalue weighted by Gasteiger charge is 2.40. The Morgan fingerprint density at radius 2 is 1.86 bits per heavy atom. The summed E-state index contributed by atoms with van der Waals surface area (Å²) in [4.78, 5) is 2.20. The molecule has 2 aromatic carbocycles. The van der Waals surface area contributed by atoms with E-state index < -0.39 is 5.60 Å². The van der Waals surface area contributed by atoms with Crippen molar-refractivity contribution in [2.75, 3.05) is 20.6 Å². The molecule has 0 saturated heterocycles. The quantitative estimate of drug-likeness (QED) is 0.926. The van der Waals surface area contributed by atoms with Gasteiger partial charge >= 0.3 is 0 Å². The zero-order chi connectivity index (χ0) is 14.9. The molecule has 0 radical (unpaired) electrons. The summed E-state index contributed by atoms with van der Waals surface area (Å²) in [7, 11) is 4.19. The monoisotopic (exact) mass is 283 g/mol. The number of hydrogen-bond donors (Lipinski definition) is 1. The largest absolute Gasteiger partial charge is 0.385 e. The van der Waals surface area contributed by atoms with Crippen LogP contribution in [0.5, 0.6) is 0 Å². The highest BCUT2D eigenvalue weighted by atomic mass is 16.3. The molecule has 2 atom stereocenters. The van der Waals surface area contributed by atoms with Crippen molar-refractivity contribution < 1.29 is 5.11 Å². The van der Waals surface area contributed by atoms with E-state index in [0.29, 0.717) is 5.92 Å². The van der Waals surface area contributed by atoms with Gasteiger partial charge in [-0.05, 0) is 49.3 Å². The summed E-state index contributed by atoms with van der Waals surface area (Å²) in [5, 5.41) is 13.8. The molecule has 0 aromatic heterocycles. The van der Waals surface area contributed by atoms with Gasteiger partial charge in [0, 0.05) is 12.5 Å². The topological polar surface area (TPSA) is 23.5 Å². The van der Waals surface area contributed by atoms with Gasteiger partial charge in [0.25, 0.3) is 0 Å². The molecule has 3 rings (SSSR count). The van der Waals surface area contributed by atoms with Crippen LogP contribution in [0.4, 0.5) is 0 Å². The van der Waals surface area contributed by atoms with Crippen LogP contribution in [0, 0.1) is 5.92 Å². The predicted molar refractivity (Wildman–Crippen MR) is 88.4 cm³/mol. The molecule has 1 saturated carbocycles. The Bertz CT molecular complexity index is 622. The molecule has 0 amide bonds. The SMILES string of the molecule is CN(C)CC1CCCCC1(O)c1ccc2ccccc2c1. The van der Waals surface area contributed by atoms with Crippen molar-refractivity contribution in [3.63, 3.8) is 0 Å². The van der Waals surface area contributed by atoms with E-state index in [0.717, 1.165) is 31.4 Å². The van der Waals surface area contributed by atoms with Crippen LogP contribution < -0.4 is 0 Å². The Hall–Kier alpha value is -1.38. The molecule has 2 nitrogen and oxygen atoms in total. The van der Waals surface area contributed by atoms with Crippen molar-refractivity contribution >= 4 is 10.8 Å². The molecule has 1 N–H and O–H groups in total. The van der Waals surface area contributed by atoms with E-state index in [1.165, 1.54) is 17.2 Å². The fourth-order valence-corrected chi connectivity index (χ4v) is 3.75.